The summed E-state index contributed by atoms with van der Waals surface area (Å²) >= 11 is 1.62. The highest BCUT2D eigenvalue weighted by Crippen LogP contribution is 2.20. The van der Waals surface area contributed by atoms with Gasteiger partial charge in [-0.2, -0.15) is 0 Å². The molecule has 0 bridgehead atoms. The molecule has 0 unspecified atom stereocenters. The minimum absolute atomic E-state index is 0.150. The van der Waals surface area contributed by atoms with E-state index in [9.17, 15) is 13.2 Å². The van der Waals surface area contributed by atoms with Crippen molar-refractivity contribution in [2.75, 3.05) is 18.1 Å². The number of carbonyl (C=O) groups is 1. The van der Waals surface area contributed by atoms with Crippen LogP contribution in [0.3, 0.4) is 0 Å². The maximum absolute atomic E-state index is 12.4. The zero-order chi connectivity index (χ0) is 22.9. The van der Waals surface area contributed by atoms with E-state index in [1.54, 1.807) is 30.8 Å². The first-order valence-electron chi connectivity index (χ1n) is 10.3. The normalized spacial score (nSPS) is 12.6. The summed E-state index contributed by atoms with van der Waals surface area (Å²) in [6.07, 6.45) is 4.80. The predicted molar refractivity (Wildman–Crippen MR) is 130 cm³/mol. The topological polar surface area (TPSA) is 60.4 Å². The third-order valence-corrected chi connectivity index (χ3v) is 7.70. The first-order valence-corrected chi connectivity index (χ1v) is 12.9. The fourth-order valence-electron chi connectivity index (χ4n) is 2.66. The SMILES string of the molecule is C=C(C)C(=O)OCCSc1ccc(C=Cc2ccc(S(=O)(=O)C[C@H](C)CC)cc2)cc1. The smallest absolute Gasteiger partial charge is 0.333 e. The van der Waals surface area contributed by atoms with Crippen molar-refractivity contribution in [1.82, 2.24) is 0 Å². The van der Waals surface area contributed by atoms with Gasteiger partial charge in [0.25, 0.3) is 0 Å². The zero-order valence-electron chi connectivity index (χ0n) is 18.3. The van der Waals surface area contributed by atoms with Crippen LogP contribution >= 0.6 is 11.8 Å². The van der Waals surface area contributed by atoms with Crippen molar-refractivity contribution in [2.24, 2.45) is 5.92 Å². The van der Waals surface area contributed by atoms with Gasteiger partial charge in [0.15, 0.2) is 9.84 Å². The average molecular weight is 459 g/mol. The molecule has 1 atom stereocenters. The molecule has 6 heteroatoms. The van der Waals surface area contributed by atoms with Crippen molar-refractivity contribution in [3.8, 4) is 0 Å². The average Bonchev–Trinajstić information content (AvgIpc) is 2.75. The van der Waals surface area contributed by atoms with Crippen molar-refractivity contribution in [2.45, 2.75) is 37.0 Å². The summed E-state index contributed by atoms with van der Waals surface area (Å²) in [7, 11) is -3.24. The van der Waals surface area contributed by atoms with Gasteiger partial charge in [-0.1, -0.05) is 63.3 Å². The molecular weight excluding hydrogens is 428 g/mol. The molecule has 0 radical (unpaired) electrons. The lowest BCUT2D eigenvalue weighted by Gasteiger charge is -2.09. The van der Waals surface area contributed by atoms with Crippen LogP contribution in [0.1, 0.15) is 38.3 Å². The number of thioether (sulfide) groups is 1. The molecule has 0 aliphatic rings. The van der Waals surface area contributed by atoms with Crippen LogP contribution in [-0.2, 0) is 19.4 Å². The van der Waals surface area contributed by atoms with E-state index in [1.807, 2.05) is 62.4 Å². The molecular formula is C25H30O4S2. The van der Waals surface area contributed by atoms with E-state index in [1.165, 1.54) is 0 Å². The summed E-state index contributed by atoms with van der Waals surface area (Å²) in [5, 5.41) is 0. The molecule has 2 aromatic carbocycles. The Labute approximate surface area is 190 Å². The number of rotatable bonds is 11. The van der Waals surface area contributed by atoms with E-state index in [4.69, 9.17) is 4.74 Å². The van der Waals surface area contributed by atoms with Gasteiger partial charge in [0, 0.05) is 16.2 Å². The molecule has 4 nitrogen and oxygen atoms in total. The number of hydrogen-bond donors (Lipinski definition) is 0. The van der Waals surface area contributed by atoms with Gasteiger partial charge in [0.1, 0.15) is 6.61 Å². The Morgan fingerprint density at radius 1 is 1.06 bits per heavy atom. The standard InChI is InChI=1S/C25H30O4S2/c1-5-20(4)18-31(27,28)24-14-10-22(11-15-24)7-6-21-8-12-23(13-9-21)30-17-16-29-25(26)19(2)3/h6-15,20H,2,5,16-18H2,1,3-4H3/t20-/m1/s1. The first kappa shape index (κ1) is 25.0. The van der Waals surface area contributed by atoms with Crippen LogP contribution in [0.5, 0.6) is 0 Å². The van der Waals surface area contributed by atoms with Crippen LogP contribution in [0, 0.1) is 5.92 Å². The molecule has 166 valence electrons. The first-order chi connectivity index (χ1) is 14.7. The minimum atomic E-state index is -3.24. The molecule has 2 rings (SSSR count). The van der Waals surface area contributed by atoms with Crippen LogP contribution < -0.4 is 0 Å². The van der Waals surface area contributed by atoms with E-state index in [0.717, 1.165) is 22.4 Å². The Hall–Kier alpha value is -2.31. The van der Waals surface area contributed by atoms with E-state index in [0.29, 0.717) is 22.8 Å². The molecule has 0 N–H and O–H groups in total. The highest BCUT2D eigenvalue weighted by molar-refractivity contribution is 7.99. The lowest BCUT2D eigenvalue weighted by atomic mass is 10.1. The highest BCUT2D eigenvalue weighted by atomic mass is 32.2. The van der Waals surface area contributed by atoms with Crippen LogP contribution in [0.25, 0.3) is 12.2 Å². The van der Waals surface area contributed by atoms with E-state index in [-0.39, 0.29) is 17.6 Å². The highest BCUT2D eigenvalue weighted by Gasteiger charge is 2.17. The second-order valence-electron chi connectivity index (χ2n) is 7.53. The summed E-state index contributed by atoms with van der Waals surface area (Å²) < 4.78 is 29.9. The molecule has 2 aromatic rings. The molecule has 0 aliphatic carbocycles. The quantitative estimate of drug-likeness (QED) is 0.138. The predicted octanol–water partition coefficient (Wildman–Crippen LogP) is 5.89. The monoisotopic (exact) mass is 458 g/mol. The molecule has 0 amide bonds. The number of esters is 1. The van der Waals surface area contributed by atoms with Gasteiger partial charge >= 0.3 is 5.97 Å². The fourth-order valence-corrected chi connectivity index (χ4v) is 5.12. The number of benzene rings is 2. The summed E-state index contributed by atoms with van der Waals surface area (Å²) in [5.74, 6) is 0.652. The Morgan fingerprint density at radius 2 is 1.61 bits per heavy atom. The van der Waals surface area contributed by atoms with Crippen LogP contribution in [0.2, 0.25) is 0 Å². The van der Waals surface area contributed by atoms with Gasteiger partial charge in [-0.3, -0.25) is 0 Å². The van der Waals surface area contributed by atoms with Crippen LogP contribution in [-0.4, -0.2) is 32.5 Å². The Kier molecular flexibility index (Phi) is 9.59. The Balaban J connectivity index is 1.89. The van der Waals surface area contributed by atoms with Gasteiger partial charge in [-0.05, 0) is 48.2 Å². The molecule has 0 heterocycles. The molecule has 0 spiro atoms. The number of sulfone groups is 1. The van der Waals surface area contributed by atoms with E-state index >= 15 is 0 Å². The largest absolute Gasteiger partial charge is 0.461 e. The summed E-state index contributed by atoms with van der Waals surface area (Å²) in [4.78, 5) is 12.8. The lowest BCUT2D eigenvalue weighted by Crippen LogP contribution is -2.13. The van der Waals surface area contributed by atoms with Crippen molar-refractivity contribution in [1.29, 1.82) is 0 Å². The molecule has 0 saturated carbocycles. The minimum Gasteiger partial charge on any atom is -0.461 e. The number of ether oxygens (including phenoxy) is 1. The summed E-state index contributed by atoms with van der Waals surface area (Å²) in [6.45, 7) is 9.49. The Morgan fingerprint density at radius 3 is 2.13 bits per heavy atom. The lowest BCUT2D eigenvalue weighted by molar-refractivity contribution is -0.138. The van der Waals surface area contributed by atoms with Gasteiger partial charge in [0.2, 0.25) is 0 Å². The van der Waals surface area contributed by atoms with E-state index in [2.05, 4.69) is 6.58 Å². The van der Waals surface area contributed by atoms with Crippen molar-refractivity contribution < 1.29 is 17.9 Å². The fraction of sp³-hybridized carbons (Fsp3) is 0.320. The Bertz CT molecular complexity index is 1000. The molecule has 0 fully saturated rings. The summed E-state index contributed by atoms with van der Waals surface area (Å²) in [6, 6.07) is 15.1. The van der Waals surface area contributed by atoms with E-state index < -0.39 is 9.84 Å². The van der Waals surface area contributed by atoms with Gasteiger partial charge in [0.05, 0.1) is 10.6 Å². The number of hydrogen-bond acceptors (Lipinski definition) is 5. The van der Waals surface area contributed by atoms with Crippen molar-refractivity contribution in [3.05, 3.63) is 71.8 Å². The maximum Gasteiger partial charge on any atom is 0.333 e. The molecule has 0 saturated heterocycles. The third kappa shape index (κ3) is 8.38. The molecule has 31 heavy (non-hydrogen) atoms. The molecule has 0 aromatic heterocycles. The second-order valence-corrected chi connectivity index (χ2v) is 10.7. The molecule has 0 aliphatic heterocycles. The van der Waals surface area contributed by atoms with Crippen molar-refractivity contribution >= 4 is 39.7 Å². The number of carbonyl (C=O) groups excluding carboxylic acids is 1. The summed E-state index contributed by atoms with van der Waals surface area (Å²) in [5.41, 5.74) is 2.40. The van der Waals surface area contributed by atoms with Gasteiger partial charge < -0.3 is 4.74 Å². The van der Waals surface area contributed by atoms with Crippen molar-refractivity contribution in [3.63, 3.8) is 0 Å². The van der Waals surface area contributed by atoms with Gasteiger partial charge in [-0.15, -0.1) is 11.8 Å². The van der Waals surface area contributed by atoms with Gasteiger partial charge in [-0.25, -0.2) is 13.2 Å². The zero-order valence-corrected chi connectivity index (χ0v) is 20.0. The second kappa shape index (κ2) is 11.9. The van der Waals surface area contributed by atoms with Crippen LogP contribution in [0.4, 0.5) is 0 Å². The van der Waals surface area contributed by atoms with Crippen LogP contribution in [0.15, 0.2) is 70.5 Å². The maximum atomic E-state index is 12.4. The third-order valence-electron chi connectivity index (χ3n) is 4.72.